The summed E-state index contributed by atoms with van der Waals surface area (Å²) in [7, 11) is 0. The molecule has 1 heterocycles. The van der Waals surface area contributed by atoms with Crippen molar-refractivity contribution in [3.63, 3.8) is 0 Å². The Kier molecular flexibility index (Phi) is 4.74. The molecule has 0 saturated carbocycles. The lowest BCUT2D eigenvalue weighted by molar-refractivity contribution is 0.0612. The third kappa shape index (κ3) is 3.65. The molecule has 1 aliphatic heterocycles. The van der Waals surface area contributed by atoms with Crippen LogP contribution in [0.2, 0.25) is 0 Å². The third-order valence-electron chi connectivity index (χ3n) is 3.03. The molecule has 1 rings (SSSR count). The van der Waals surface area contributed by atoms with Crippen LogP contribution in [0.3, 0.4) is 0 Å². The predicted molar refractivity (Wildman–Crippen MR) is 57.7 cm³/mol. The van der Waals surface area contributed by atoms with E-state index >= 15 is 0 Å². The summed E-state index contributed by atoms with van der Waals surface area (Å²) >= 11 is 0. The van der Waals surface area contributed by atoms with Crippen LogP contribution in [0.15, 0.2) is 0 Å². The van der Waals surface area contributed by atoms with Gasteiger partial charge in [0.15, 0.2) is 0 Å². The lowest BCUT2D eigenvalue weighted by Gasteiger charge is -2.42. The predicted octanol–water partition coefficient (Wildman–Crippen LogP) is 1.85. The van der Waals surface area contributed by atoms with Gasteiger partial charge in [-0.05, 0) is 39.2 Å². The van der Waals surface area contributed by atoms with Gasteiger partial charge in [0.2, 0.25) is 0 Å². The molecule has 0 spiro atoms. The molecule has 0 radical (unpaired) electrons. The van der Waals surface area contributed by atoms with Crippen LogP contribution in [0.4, 0.5) is 0 Å². The van der Waals surface area contributed by atoms with E-state index in [1.54, 1.807) is 0 Å². The van der Waals surface area contributed by atoms with Gasteiger partial charge in [0, 0.05) is 19.1 Å². The molecule has 0 aromatic rings. The van der Waals surface area contributed by atoms with E-state index < -0.39 is 0 Å². The lowest BCUT2D eigenvalue weighted by atomic mass is 9.92. The van der Waals surface area contributed by atoms with Crippen LogP contribution in [0, 0.1) is 5.92 Å². The highest BCUT2D eigenvalue weighted by Crippen LogP contribution is 2.23. The summed E-state index contributed by atoms with van der Waals surface area (Å²) in [5.74, 6) is 0.986. The highest BCUT2D eigenvalue weighted by atomic mass is 15.2. The Morgan fingerprint density at radius 1 is 1.23 bits per heavy atom. The van der Waals surface area contributed by atoms with Gasteiger partial charge in [-0.2, -0.15) is 0 Å². The van der Waals surface area contributed by atoms with Crippen molar-refractivity contribution in [1.29, 1.82) is 0 Å². The maximum atomic E-state index is 5.45. The lowest BCUT2D eigenvalue weighted by Crippen LogP contribution is -2.49. The average Bonchev–Trinajstić information content (AvgIpc) is 2.00. The highest BCUT2D eigenvalue weighted by Gasteiger charge is 2.27. The smallest absolute Gasteiger partial charge is 0.00388 e. The monoisotopic (exact) mass is 184 g/mol. The zero-order valence-corrected chi connectivity index (χ0v) is 9.13. The molecular weight excluding hydrogens is 160 g/mol. The molecule has 0 amide bonds. The maximum Gasteiger partial charge on any atom is 0.00388 e. The molecule has 2 N–H and O–H groups in total. The summed E-state index contributed by atoms with van der Waals surface area (Å²) in [6.07, 6.45) is 5.34. The molecule has 78 valence electrons. The molecule has 0 aliphatic carbocycles. The quantitative estimate of drug-likeness (QED) is 0.638. The molecule has 0 atom stereocenters. The van der Waals surface area contributed by atoms with E-state index in [4.69, 9.17) is 5.73 Å². The molecule has 13 heavy (non-hydrogen) atoms. The molecule has 0 bridgehead atoms. The number of nitrogens with two attached hydrogens (primary N) is 1. The van der Waals surface area contributed by atoms with Crippen molar-refractivity contribution in [2.24, 2.45) is 11.7 Å². The van der Waals surface area contributed by atoms with Crippen molar-refractivity contribution >= 4 is 0 Å². The van der Waals surface area contributed by atoms with E-state index in [0.717, 1.165) is 18.5 Å². The fourth-order valence-electron chi connectivity index (χ4n) is 1.97. The second-order valence-corrected chi connectivity index (χ2v) is 4.55. The van der Waals surface area contributed by atoms with E-state index in [1.165, 1.54) is 38.8 Å². The molecule has 1 aliphatic rings. The zero-order valence-electron chi connectivity index (χ0n) is 9.13. The van der Waals surface area contributed by atoms with Gasteiger partial charge < -0.3 is 10.6 Å². The first-order chi connectivity index (χ1) is 6.24. The Morgan fingerprint density at radius 3 is 2.46 bits per heavy atom. The molecule has 2 nitrogen and oxygen atoms in total. The van der Waals surface area contributed by atoms with Gasteiger partial charge in [0.05, 0.1) is 0 Å². The van der Waals surface area contributed by atoms with Crippen LogP contribution in [-0.4, -0.2) is 30.6 Å². The summed E-state index contributed by atoms with van der Waals surface area (Å²) in [6.45, 7) is 8.10. The summed E-state index contributed by atoms with van der Waals surface area (Å²) < 4.78 is 0. The van der Waals surface area contributed by atoms with E-state index in [9.17, 15) is 0 Å². The molecule has 1 fully saturated rings. The first-order valence-corrected chi connectivity index (χ1v) is 5.68. The van der Waals surface area contributed by atoms with Crippen molar-refractivity contribution in [1.82, 2.24) is 4.90 Å². The summed E-state index contributed by atoms with van der Waals surface area (Å²) in [4.78, 5) is 2.55. The Morgan fingerprint density at radius 2 is 1.92 bits per heavy atom. The number of unbranched alkanes of at least 4 members (excludes halogenated alkanes) is 2. The molecule has 0 aromatic carbocycles. The van der Waals surface area contributed by atoms with Gasteiger partial charge in [0.25, 0.3) is 0 Å². The van der Waals surface area contributed by atoms with Crippen molar-refractivity contribution in [2.75, 3.05) is 19.6 Å². The van der Waals surface area contributed by atoms with E-state index in [-0.39, 0.29) is 0 Å². The standard InChI is InChI=1S/C11H24N2/c1-10(2)13-8-11(9-13)6-4-3-5-7-12/h10-11H,3-9,12H2,1-2H3. The number of nitrogens with zero attached hydrogens (tertiary/aromatic N) is 1. The number of likely N-dealkylation sites (tertiary alicyclic amines) is 1. The topological polar surface area (TPSA) is 29.3 Å². The minimum absolute atomic E-state index is 0.750. The van der Waals surface area contributed by atoms with Crippen molar-refractivity contribution in [3.8, 4) is 0 Å². The van der Waals surface area contributed by atoms with Crippen LogP contribution in [0.1, 0.15) is 39.5 Å². The minimum atomic E-state index is 0.750. The van der Waals surface area contributed by atoms with Crippen LogP contribution in [-0.2, 0) is 0 Å². The molecule has 0 aromatic heterocycles. The molecule has 2 heteroatoms. The largest absolute Gasteiger partial charge is 0.330 e. The number of hydrogen-bond acceptors (Lipinski definition) is 2. The van der Waals surface area contributed by atoms with Gasteiger partial charge in [-0.3, -0.25) is 0 Å². The zero-order chi connectivity index (χ0) is 9.68. The molecular formula is C11H24N2. The van der Waals surface area contributed by atoms with E-state index in [0.29, 0.717) is 0 Å². The Bertz CT molecular complexity index is 128. The van der Waals surface area contributed by atoms with Gasteiger partial charge in [-0.25, -0.2) is 0 Å². The first-order valence-electron chi connectivity index (χ1n) is 5.68. The van der Waals surface area contributed by atoms with Crippen molar-refractivity contribution in [2.45, 2.75) is 45.6 Å². The molecule has 1 saturated heterocycles. The van der Waals surface area contributed by atoms with Crippen molar-refractivity contribution < 1.29 is 0 Å². The van der Waals surface area contributed by atoms with Crippen LogP contribution < -0.4 is 5.73 Å². The first kappa shape index (κ1) is 11.0. The highest BCUT2D eigenvalue weighted by molar-refractivity contribution is 4.81. The van der Waals surface area contributed by atoms with Gasteiger partial charge in [0.1, 0.15) is 0 Å². The van der Waals surface area contributed by atoms with Crippen LogP contribution in [0.5, 0.6) is 0 Å². The van der Waals surface area contributed by atoms with Crippen LogP contribution in [0.25, 0.3) is 0 Å². The summed E-state index contributed by atoms with van der Waals surface area (Å²) in [6, 6.07) is 0.750. The third-order valence-corrected chi connectivity index (χ3v) is 3.03. The average molecular weight is 184 g/mol. The summed E-state index contributed by atoms with van der Waals surface area (Å²) in [5, 5.41) is 0. The maximum absolute atomic E-state index is 5.45. The number of rotatable bonds is 6. The van der Waals surface area contributed by atoms with Gasteiger partial charge in [-0.1, -0.05) is 12.8 Å². The Hall–Kier alpha value is -0.0800. The SMILES string of the molecule is CC(C)N1CC(CCCCCN)C1. The number of hydrogen-bond donors (Lipinski definition) is 1. The second kappa shape index (κ2) is 5.61. The second-order valence-electron chi connectivity index (χ2n) is 4.55. The normalized spacial score (nSPS) is 19.4. The fraction of sp³-hybridized carbons (Fsp3) is 1.00. The Balaban J connectivity index is 1.90. The minimum Gasteiger partial charge on any atom is -0.330 e. The van der Waals surface area contributed by atoms with E-state index in [1.807, 2.05) is 0 Å². The molecule has 0 unspecified atom stereocenters. The summed E-state index contributed by atoms with van der Waals surface area (Å²) in [5.41, 5.74) is 5.45. The van der Waals surface area contributed by atoms with Gasteiger partial charge in [-0.15, -0.1) is 0 Å². The van der Waals surface area contributed by atoms with Gasteiger partial charge >= 0.3 is 0 Å². The van der Waals surface area contributed by atoms with Crippen LogP contribution >= 0.6 is 0 Å². The fourth-order valence-corrected chi connectivity index (χ4v) is 1.97. The Labute approximate surface area is 82.5 Å². The van der Waals surface area contributed by atoms with E-state index in [2.05, 4.69) is 18.7 Å². The van der Waals surface area contributed by atoms with Crippen molar-refractivity contribution in [3.05, 3.63) is 0 Å².